The van der Waals surface area contributed by atoms with Gasteiger partial charge >= 0.3 is 5.97 Å². The number of methoxy groups -OCH3 is 1. The van der Waals surface area contributed by atoms with E-state index in [9.17, 15) is 4.79 Å². The van der Waals surface area contributed by atoms with E-state index in [1.54, 1.807) is 7.11 Å². The van der Waals surface area contributed by atoms with Crippen LogP contribution in [0.5, 0.6) is 5.75 Å². The fraction of sp³-hybridized carbons (Fsp3) is 0.526. The number of esters is 1. The van der Waals surface area contributed by atoms with Gasteiger partial charge in [-0.15, -0.1) is 0 Å². The maximum Gasteiger partial charge on any atom is 0.307 e. The second-order valence-electron chi connectivity index (χ2n) is 5.77. The molecule has 1 atom stereocenters. The van der Waals surface area contributed by atoms with E-state index in [4.69, 9.17) is 9.47 Å². The lowest BCUT2D eigenvalue weighted by molar-refractivity contribution is -0.144. The van der Waals surface area contributed by atoms with Crippen molar-refractivity contribution < 1.29 is 14.3 Å². The Balaban J connectivity index is 2.46. The van der Waals surface area contributed by atoms with Crippen LogP contribution in [0.3, 0.4) is 0 Å². The molecular weight excluding hydrogens is 276 g/mol. The third kappa shape index (κ3) is 3.34. The van der Waals surface area contributed by atoms with Crippen molar-refractivity contribution in [3.8, 4) is 5.75 Å². The molecule has 22 heavy (non-hydrogen) atoms. The van der Waals surface area contributed by atoms with Crippen LogP contribution in [0.15, 0.2) is 35.9 Å². The zero-order valence-corrected chi connectivity index (χ0v) is 13.9. The first-order chi connectivity index (χ1) is 10.7. The Morgan fingerprint density at radius 3 is 2.82 bits per heavy atom. The number of carbonyl (C=O) groups excluding carboxylic acids is 1. The van der Waals surface area contributed by atoms with E-state index in [2.05, 4.69) is 25.1 Å². The summed E-state index contributed by atoms with van der Waals surface area (Å²) in [6.07, 6.45) is 6.85. The van der Waals surface area contributed by atoms with Crippen molar-refractivity contribution in [2.24, 2.45) is 0 Å². The molecule has 1 aromatic rings. The van der Waals surface area contributed by atoms with Crippen LogP contribution in [0.25, 0.3) is 0 Å². The molecule has 0 N–H and O–H groups in total. The first-order valence-electron chi connectivity index (χ1n) is 8.16. The van der Waals surface area contributed by atoms with Crippen molar-refractivity contribution in [1.82, 2.24) is 0 Å². The van der Waals surface area contributed by atoms with Gasteiger partial charge in [-0.2, -0.15) is 0 Å². The van der Waals surface area contributed by atoms with E-state index in [-0.39, 0.29) is 11.4 Å². The van der Waals surface area contributed by atoms with Crippen molar-refractivity contribution in [2.75, 3.05) is 13.7 Å². The van der Waals surface area contributed by atoms with Gasteiger partial charge in [-0.3, -0.25) is 4.79 Å². The molecule has 1 unspecified atom stereocenters. The Morgan fingerprint density at radius 1 is 1.32 bits per heavy atom. The molecule has 0 spiro atoms. The first-order valence-corrected chi connectivity index (χ1v) is 8.16. The van der Waals surface area contributed by atoms with E-state index >= 15 is 0 Å². The summed E-state index contributed by atoms with van der Waals surface area (Å²) in [6.45, 7) is 4.45. The van der Waals surface area contributed by atoms with E-state index in [1.165, 1.54) is 5.57 Å². The van der Waals surface area contributed by atoms with Crippen LogP contribution in [0.4, 0.5) is 0 Å². The van der Waals surface area contributed by atoms with Gasteiger partial charge in [0.05, 0.1) is 20.1 Å². The molecule has 0 aliphatic heterocycles. The Labute approximate surface area is 133 Å². The Morgan fingerprint density at radius 2 is 2.14 bits per heavy atom. The minimum atomic E-state index is -0.242. The number of rotatable bonds is 6. The molecule has 0 amide bonds. The fourth-order valence-electron chi connectivity index (χ4n) is 3.53. The van der Waals surface area contributed by atoms with Gasteiger partial charge in [0, 0.05) is 5.41 Å². The van der Waals surface area contributed by atoms with Gasteiger partial charge in [-0.25, -0.2) is 0 Å². The van der Waals surface area contributed by atoms with Crippen LogP contribution in [-0.4, -0.2) is 19.7 Å². The number of carbonyl (C=O) groups is 1. The van der Waals surface area contributed by atoms with Crippen LogP contribution in [0.2, 0.25) is 0 Å². The normalized spacial score (nSPS) is 21.1. The van der Waals surface area contributed by atoms with Crippen molar-refractivity contribution in [2.45, 2.75) is 51.4 Å². The molecule has 0 fully saturated rings. The van der Waals surface area contributed by atoms with Crippen LogP contribution in [0, 0.1) is 0 Å². The summed E-state index contributed by atoms with van der Waals surface area (Å²) < 4.78 is 10.6. The molecule has 120 valence electrons. The largest absolute Gasteiger partial charge is 0.497 e. The quantitative estimate of drug-likeness (QED) is 0.577. The summed E-state index contributed by atoms with van der Waals surface area (Å²) in [5.74, 6) is 0.716. The molecule has 0 saturated heterocycles. The number of allylic oxidation sites excluding steroid dienone is 2. The number of ether oxygens (including phenoxy) is 2. The van der Waals surface area contributed by atoms with Gasteiger partial charge in [0.15, 0.2) is 0 Å². The predicted octanol–water partition coefficient (Wildman–Crippen LogP) is 4.41. The van der Waals surface area contributed by atoms with E-state index < -0.39 is 0 Å². The highest BCUT2D eigenvalue weighted by Gasteiger charge is 2.39. The maximum absolute atomic E-state index is 12.2. The van der Waals surface area contributed by atoms with Gasteiger partial charge in [-0.05, 0) is 50.3 Å². The lowest BCUT2D eigenvalue weighted by Gasteiger charge is -2.39. The van der Waals surface area contributed by atoms with E-state index in [0.717, 1.165) is 37.0 Å². The summed E-state index contributed by atoms with van der Waals surface area (Å²) in [7, 11) is 1.68. The molecular formula is C19H26O3. The lowest BCUT2D eigenvalue weighted by atomic mass is 9.65. The smallest absolute Gasteiger partial charge is 0.307 e. The monoisotopic (exact) mass is 302 g/mol. The zero-order valence-electron chi connectivity index (χ0n) is 13.9. The van der Waals surface area contributed by atoms with Gasteiger partial charge in [0.1, 0.15) is 5.75 Å². The Kier molecular flexibility index (Phi) is 5.64. The zero-order chi connectivity index (χ0) is 16.0. The molecule has 0 heterocycles. The molecule has 0 bridgehead atoms. The van der Waals surface area contributed by atoms with Crippen molar-refractivity contribution in [3.63, 3.8) is 0 Å². The predicted molar refractivity (Wildman–Crippen MR) is 88.1 cm³/mol. The first kappa shape index (κ1) is 16.6. The Bertz CT molecular complexity index is 547. The second kappa shape index (κ2) is 7.48. The van der Waals surface area contributed by atoms with Crippen LogP contribution < -0.4 is 4.74 Å². The molecule has 3 nitrogen and oxygen atoms in total. The average Bonchev–Trinajstić information content (AvgIpc) is 2.55. The van der Waals surface area contributed by atoms with Crippen LogP contribution in [-0.2, 0) is 14.9 Å². The minimum Gasteiger partial charge on any atom is -0.497 e. The minimum absolute atomic E-state index is 0.119. The van der Waals surface area contributed by atoms with Gasteiger partial charge < -0.3 is 9.47 Å². The second-order valence-corrected chi connectivity index (χ2v) is 5.77. The lowest BCUT2D eigenvalue weighted by Crippen LogP contribution is -2.34. The number of hydrogen-bond acceptors (Lipinski definition) is 3. The maximum atomic E-state index is 12.2. The highest BCUT2D eigenvalue weighted by atomic mass is 16.5. The molecule has 2 rings (SSSR count). The van der Waals surface area contributed by atoms with Gasteiger partial charge in [-0.1, -0.05) is 30.7 Å². The van der Waals surface area contributed by atoms with Crippen LogP contribution >= 0.6 is 0 Å². The summed E-state index contributed by atoms with van der Waals surface area (Å²) in [5.41, 5.74) is 2.26. The fourth-order valence-corrected chi connectivity index (χ4v) is 3.53. The molecule has 1 aliphatic rings. The van der Waals surface area contributed by atoms with Crippen molar-refractivity contribution in [1.29, 1.82) is 0 Å². The van der Waals surface area contributed by atoms with E-state index in [1.807, 2.05) is 19.1 Å². The van der Waals surface area contributed by atoms with Crippen molar-refractivity contribution >= 4 is 5.97 Å². The topological polar surface area (TPSA) is 35.5 Å². The van der Waals surface area contributed by atoms with E-state index in [0.29, 0.717) is 13.0 Å². The van der Waals surface area contributed by atoms with Crippen LogP contribution in [0.1, 0.15) is 51.5 Å². The summed E-state index contributed by atoms with van der Waals surface area (Å²) >= 11 is 0. The van der Waals surface area contributed by atoms with Crippen molar-refractivity contribution in [3.05, 3.63) is 41.5 Å². The third-order valence-electron chi connectivity index (χ3n) is 4.57. The molecule has 1 aliphatic carbocycles. The SMILES string of the molecule is CCOC(=O)CC1(c2cccc(OC)c2)CCCC=C1CC. The molecule has 0 aromatic heterocycles. The molecule has 1 aromatic carbocycles. The highest BCUT2D eigenvalue weighted by Crippen LogP contribution is 2.45. The molecule has 0 radical (unpaired) electrons. The number of hydrogen-bond donors (Lipinski definition) is 0. The molecule has 3 heteroatoms. The Hall–Kier alpha value is -1.77. The van der Waals surface area contributed by atoms with Gasteiger partial charge in [0.25, 0.3) is 0 Å². The average molecular weight is 302 g/mol. The summed E-state index contributed by atoms with van der Waals surface area (Å²) in [6, 6.07) is 8.12. The summed E-state index contributed by atoms with van der Waals surface area (Å²) in [5, 5.41) is 0. The summed E-state index contributed by atoms with van der Waals surface area (Å²) in [4.78, 5) is 12.2. The highest BCUT2D eigenvalue weighted by molar-refractivity contribution is 5.73. The van der Waals surface area contributed by atoms with Gasteiger partial charge in [0.2, 0.25) is 0 Å². The third-order valence-corrected chi connectivity index (χ3v) is 4.57. The number of benzene rings is 1. The molecule has 0 saturated carbocycles. The standard InChI is InChI=1S/C19H26O3/c1-4-15-9-6-7-12-19(15,14-18(20)22-5-2)16-10-8-11-17(13-16)21-3/h8-11,13H,4-7,12,14H2,1-3H3.